The van der Waals surface area contributed by atoms with Crippen LogP contribution in [0.15, 0.2) is 42.7 Å². The molecular formula is C28H36N6O3. The largest absolute Gasteiger partial charge is 0.391 e. The van der Waals surface area contributed by atoms with Crippen LogP contribution in [0.1, 0.15) is 69.7 Å². The third-order valence-corrected chi connectivity index (χ3v) is 7.37. The van der Waals surface area contributed by atoms with Gasteiger partial charge in [-0.15, -0.1) is 5.10 Å². The molecule has 0 bridgehead atoms. The second-order valence-corrected chi connectivity index (χ2v) is 11.4. The van der Waals surface area contributed by atoms with Crippen LogP contribution in [0.5, 0.6) is 0 Å². The van der Waals surface area contributed by atoms with E-state index in [9.17, 15) is 14.7 Å². The number of para-hydroxylation sites is 1. The number of hydrogen-bond donors (Lipinski definition) is 2. The number of nitrogens with zero attached hydrogens (tertiary/aromatic N) is 5. The number of benzene rings is 1. The van der Waals surface area contributed by atoms with E-state index in [2.05, 4.69) is 26.7 Å². The SMILES string of the molecule is CC(C)(C)[C@@H](C(=O)N1CC(O)CC1C(=O)NCCCc1ccnc2ccccc12)n1cc(C2CC2)nn1. The molecule has 9 nitrogen and oxygen atoms in total. The number of rotatable bonds is 8. The number of carbonyl (C=O) groups excluding carboxylic acids is 2. The van der Waals surface area contributed by atoms with Gasteiger partial charge in [0.15, 0.2) is 0 Å². The van der Waals surface area contributed by atoms with Gasteiger partial charge in [0.05, 0.1) is 17.3 Å². The Labute approximate surface area is 217 Å². The molecule has 0 spiro atoms. The maximum atomic E-state index is 13.8. The van der Waals surface area contributed by atoms with Gasteiger partial charge in [0.25, 0.3) is 0 Å². The molecule has 2 aromatic heterocycles. The molecule has 3 aromatic rings. The number of hydrogen-bond acceptors (Lipinski definition) is 6. The summed E-state index contributed by atoms with van der Waals surface area (Å²) in [5.41, 5.74) is 2.62. The molecule has 2 fully saturated rings. The highest BCUT2D eigenvalue weighted by molar-refractivity contribution is 5.90. The van der Waals surface area contributed by atoms with Gasteiger partial charge in [-0.05, 0) is 48.8 Å². The molecule has 5 rings (SSSR count). The minimum Gasteiger partial charge on any atom is -0.391 e. The molecule has 1 aromatic carbocycles. The minimum absolute atomic E-state index is 0.136. The van der Waals surface area contributed by atoms with Crippen molar-refractivity contribution in [1.29, 1.82) is 0 Å². The van der Waals surface area contributed by atoms with E-state index in [1.807, 2.05) is 57.4 Å². The third-order valence-electron chi connectivity index (χ3n) is 7.37. The molecule has 196 valence electrons. The number of carbonyl (C=O) groups is 2. The van der Waals surface area contributed by atoms with Crippen LogP contribution < -0.4 is 5.32 Å². The van der Waals surface area contributed by atoms with E-state index >= 15 is 0 Å². The fourth-order valence-electron chi connectivity index (χ4n) is 5.31. The molecule has 2 amide bonds. The second kappa shape index (κ2) is 10.2. The topological polar surface area (TPSA) is 113 Å². The molecule has 9 heteroatoms. The van der Waals surface area contributed by atoms with Gasteiger partial charge in [-0.1, -0.05) is 44.2 Å². The van der Waals surface area contributed by atoms with E-state index < -0.39 is 23.6 Å². The van der Waals surface area contributed by atoms with Crippen LogP contribution in [-0.2, 0) is 16.0 Å². The highest BCUT2D eigenvalue weighted by Crippen LogP contribution is 2.40. The number of aryl methyl sites for hydroxylation is 1. The Kier molecular flexibility index (Phi) is 6.98. The Balaban J connectivity index is 1.23. The van der Waals surface area contributed by atoms with Crippen molar-refractivity contribution in [2.24, 2.45) is 5.41 Å². The van der Waals surface area contributed by atoms with Crippen molar-refractivity contribution in [3.05, 3.63) is 54.0 Å². The zero-order valence-electron chi connectivity index (χ0n) is 21.8. The van der Waals surface area contributed by atoms with Gasteiger partial charge in [-0.2, -0.15) is 0 Å². The molecular weight excluding hydrogens is 468 g/mol. The maximum Gasteiger partial charge on any atom is 0.248 e. The number of nitrogens with one attached hydrogen (secondary N) is 1. The number of aliphatic hydroxyl groups excluding tert-OH is 1. The van der Waals surface area contributed by atoms with E-state index in [0.29, 0.717) is 12.5 Å². The van der Waals surface area contributed by atoms with Gasteiger partial charge in [0.2, 0.25) is 11.8 Å². The molecule has 2 N–H and O–H groups in total. The zero-order chi connectivity index (χ0) is 26.2. The van der Waals surface area contributed by atoms with Crippen molar-refractivity contribution in [3.63, 3.8) is 0 Å². The Bertz CT molecular complexity index is 1270. The van der Waals surface area contributed by atoms with Crippen LogP contribution >= 0.6 is 0 Å². The average Bonchev–Trinajstić information content (AvgIpc) is 3.47. The van der Waals surface area contributed by atoms with Crippen LogP contribution in [-0.4, -0.2) is 67.0 Å². The molecule has 1 saturated carbocycles. The summed E-state index contributed by atoms with van der Waals surface area (Å²) in [7, 11) is 0. The molecule has 2 unspecified atom stereocenters. The van der Waals surface area contributed by atoms with Crippen molar-refractivity contribution >= 4 is 22.7 Å². The van der Waals surface area contributed by atoms with Crippen molar-refractivity contribution in [3.8, 4) is 0 Å². The normalized spacial score (nSPS) is 20.8. The minimum atomic E-state index is -0.735. The quantitative estimate of drug-likeness (QED) is 0.456. The number of pyridine rings is 1. The van der Waals surface area contributed by atoms with E-state index in [1.54, 1.807) is 4.68 Å². The fraction of sp³-hybridized carbons (Fsp3) is 0.536. The van der Waals surface area contributed by atoms with E-state index in [0.717, 1.165) is 42.3 Å². The van der Waals surface area contributed by atoms with Crippen molar-refractivity contribution in [2.75, 3.05) is 13.1 Å². The first-order valence-electron chi connectivity index (χ1n) is 13.2. The zero-order valence-corrected chi connectivity index (χ0v) is 21.8. The molecule has 3 heterocycles. The molecule has 1 aliphatic carbocycles. The first-order valence-corrected chi connectivity index (χ1v) is 13.2. The summed E-state index contributed by atoms with van der Waals surface area (Å²) in [4.78, 5) is 32.9. The number of β-amino-alcohol motifs (C(OH)–C–C–N with tert-alkyl or cyclic N) is 1. The van der Waals surface area contributed by atoms with E-state index in [4.69, 9.17) is 0 Å². The molecule has 3 atom stereocenters. The van der Waals surface area contributed by atoms with Crippen molar-refractivity contribution < 1.29 is 14.7 Å². The Morgan fingerprint density at radius 1 is 1.19 bits per heavy atom. The summed E-state index contributed by atoms with van der Waals surface area (Å²) < 4.78 is 1.65. The number of aromatic nitrogens is 4. The van der Waals surface area contributed by atoms with Crippen LogP contribution in [0, 0.1) is 5.41 Å². The summed E-state index contributed by atoms with van der Waals surface area (Å²) >= 11 is 0. The van der Waals surface area contributed by atoms with Crippen LogP contribution in [0.2, 0.25) is 0 Å². The predicted molar refractivity (Wildman–Crippen MR) is 140 cm³/mol. The molecule has 2 aliphatic rings. The van der Waals surface area contributed by atoms with Gasteiger partial charge in [-0.3, -0.25) is 14.6 Å². The van der Waals surface area contributed by atoms with Crippen LogP contribution in [0.25, 0.3) is 10.9 Å². The van der Waals surface area contributed by atoms with E-state index in [1.165, 1.54) is 10.5 Å². The third kappa shape index (κ3) is 5.51. The molecule has 1 saturated heterocycles. The number of amides is 2. The lowest BCUT2D eigenvalue weighted by Gasteiger charge is -2.34. The Morgan fingerprint density at radius 3 is 2.73 bits per heavy atom. The average molecular weight is 505 g/mol. The summed E-state index contributed by atoms with van der Waals surface area (Å²) in [5, 5.41) is 23.1. The highest BCUT2D eigenvalue weighted by atomic mass is 16.3. The lowest BCUT2D eigenvalue weighted by atomic mass is 9.85. The lowest BCUT2D eigenvalue weighted by Crippen LogP contribution is -2.50. The lowest BCUT2D eigenvalue weighted by molar-refractivity contribution is -0.144. The second-order valence-electron chi connectivity index (χ2n) is 11.4. The fourth-order valence-corrected chi connectivity index (χ4v) is 5.31. The summed E-state index contributed by atoms with van der Waals surface area (Å²) in [6.07, 6.45) is 6.95. The van der Waals surface area contributed by atoms with Crippen LogP contribution in [0.4, 0.5) is 0 Å². The molecule has 1 aliphatic heterocycles. The molecule has 37 heavy (non-hydrogen) atoms. The summed E-state index contributed by atoms with van der Waals surface area (Å²) in [6, 6.07) is 8.73. The summed E-state index contributed by atoms with van der Waals surface area (Å²) in [6.45, 7) is 6.58. The number of aliphatic hydroxyl groups is 1. The summed E-state index contributed by atoms with van der Waals surface area (Å²) in [5.74, 6) is -0.00384. The first kappa shape index (κ1) is 25.3. The van der Waals surface area contributed by atoms with Crippen molar-refractivity contribution in [2.45, 2.75) is 77.0 Å². The van der Waals surface area contributed by atoms with Gasteiger partial charge in [-0.25, -0.2) is 4.68 Å². The first-order chi connectivity index (χ1) is 17.7. The predicted octanol–water partition coefficient (Wildman–Crippen LogP) is 3.00. The number of likely N-dealkylation sites (tertiary alicyclic amines) is 1. The maximum absolute atomic E-state index is 13.8. The van der Waals surface area contributed by atoms with Crippen LogP contribution in [0.3, 0.4) is 0 Å². The standard InChI is InChI=1S/C28H36N6O3/c1-28(2,3)25(34-17-23(31-32-34)19-10-11-19)27(37)33-16-20(35)15-24(33)26(36)30-13-6-7-18-12-14-29-22-9-5-4-8-21(18)22/h4-5,8-9,12,14,17,19-20,24-25,35H,6-7,10-11,13,15-16H2,1-3H3,(H,30,36)/t20?,24?,25-/m1/s1. The smallest absolute Gasteiger partial charge is 0.248 e. The molecule has 0 radical (unpaired) electrons. The number of fused-ring (bicyclic) bond motifs is 1. The monoisotopic (exact) mass is 504 g/mol. The Hall–Kier alpha value is -3.33. The Morgan fingerprint density at radius 2 is 1.97 bits per heavy atom. The van der Waals surface area contributed by atoms with Gasteiger partial charge in [0, 0.05) is 43.2 Å². The van der Waals surface area contributed by atoms with Gasteiger partial charge in [0.1, 0.15) is 12.1 Å². The highest BCUT2D eigenvalue weighted by Gasteiger charge is 2.45. The van der Waals surface area contributed by atoms with Crippen molar-refractivity contribution in [1.82, 2.24) is 30.2 Å². The van der Waals surface area contributed by atoms with Gasteiger partial charge < -0.3 is 15.3 Å². The van der Waals surface area contributed by atoms with E-state index in [-0.39, 0.29) is 24.8 Å². The van der Waals surface area contributed by atoms with Gasteiger partial charge >= 0.3 is 0 Å².